The zero-order valence-corrected chi connectivity index (χ0v) is 50.7. The van der Waals surface area contributed by atoms with E-state index in [4.69, 9.17) is 11.6 Å². The maximum absolute atomic E-state index is 12.5. The average Bonchev–Trinajstić information content (AvgIpc) is 1.00. The van der Waals surface area contributed by atoms with E-state index in [0.717, 1.165) is 99.6 Å². The lowest BCUT2D eigenvalue weighted by molar-refractivity contribution is 0.646. The van der Waals surface area contributed by atoms with E-state index >= 15 is 0 Å². The first-order valence-corrected chi connectivity index (χ1v) is 29.4. The van der Waals surface area contributed by atoms with Crippen LogP contribution in [0.1, 0.15) is 56.6 Å². The summed E-state index contributed by atoms with van der Waals surface area (Å²) in [5.41, 5.74) is 15.9. The van der Waals surface area contributed by atoms with Gasteiger partial charge in [0.2, 0.25) is 0 Å². The van der Waals surface area contributed by atoms with Gasteiger partial charge in [-0.1, -0.05) is 79.9 Å². The lowest BCUT2D eigenvalue weighted by atomic mass is 10.1. The first-order valence-electron chi connectivity index (χ1n) is 29.0. The van der Waals surface area contributed by atoms with E-state index in [1.165, 1.54) is 22.3 Å². The number of halogens is 1. The number of aryl methyl sites for hydroxylation is 7. The van der Waals surface area contributed by atoms with Gasteiger partial charge in [-0.2, -0.15) is 0 Å². The molecule has 0 amide bonds. The van der Waals surface area contributed by atoms with Crippen LogP contribution in [-0.2, 0) is 19.5 Å². The van der Waals surface area contributed by atoms with E-state index in [9.17, 15) is 14.4 Å². The quantitative estimate of drug-likeness (QED) is 0.0539. The van der Waals surface area contributed by atoms with Crippen LogP contribution in [-0.4, -0.2) is 80.7 Å². The van der Waals surface area contributed by atoms with Gasteiger partial charge in [-0.05, 0) is 166 Å². The number of anilines is 6. The zero-order chi connectivity index (χ0) is 61.3. The number of benzene rings is 5. The fourth-order valence-corrected chi connectivity index (χ4v) is 10.5. The number of pyridine rings is 1. The summed E-state index contributed by atoms with van der Waals surface area (Å²) in [5, 5.41) is 12.1. The van der Waals surface area contributed by atoms with Gasteiger partial charge in [0.1, 0.15) is 16.4 Å². The van der Waals surface area contributed by atoms with Gasteiger partial charge >= 0.3 is 0 Å². The molecule has 12 rings (SSSR count). The molecule has 0 saturated carbocycles. The maximum atomic E-state index is 12.5. The molecule has 20 heteroatoms. The second-order valence-electron chi connectivity index (χ2n) is 21.8. The molecule has 3 aliphatic rings. The number of hydrogen-bond acceptors (Lipinski definition) is 16. The third-order valence-electron chi connectivity index (χ3n) is 15.4. The summed E-state index contributed by atoms with van der Waals surface area (Å²) >= 11 is 5.94. The highest BCUT2D eigenvalue weighted by atomic mass is 35.5. The Balaban J connectivity index is 0.000000145. The van der Waals surface area contributed by atoms with Crippen LogP contribution in [0.15, 0.2) is 145 Å². The topological polar surface area (TPSA) is 233 Å². The Morgan fingerprint density at radius 2 is 0.862 bits per heavy atom. The average molecular weight is 1180 g/mol. The molecule has 3 aliphatic heterocycles. The predicted molar refractivity (Wildman–Crippen MR) is 348 cm³/mol. The number of nitrogens with zero attached hydrogens (tertiary/aromatic N) is 10. The number of aromatic amines is 3. The summed E-state index contributed by atoms with van der Waals surface area (Å²) in [7, 11) is 0. The molecule has 0 atom stereocenters. The molecule has 0 unspecified atom stereocenters. The molecule has 0 fully saturated rings. The molecule has 4 aromatic heterocycles. The zero-order valence-electron chi connectivity index (χ0n) is 49.9. The van der Waals surface area contributed by atoms with Crippen molar-refractivity contribution in [3.8, 4) is 0 Å². The van der Waals surface area contributed by atoms with E-state index in [1.54, 1.807) is 6.20 Å². The standard InChI is InChI=1S/C24H27N5O.C22H22ClN5O.C21H22N6O/c1-16-14-20-21(15-17(16)2)29(23-22(28-20)24(30)27-18(3)26-23)13-12-25-11-7-10-19-8-5-4-6-9-19;1-13-10-18-19(11-14(13)2)28(21-20(27-18)22(29)26-15(3)25-21)9-8-24-12-16-4-6-17(23)7-5-16;1-13-10-17-18(11-14(13)2)27(9-8-22-12-16-6-4-5-7-23-16)20-19(26-17)21(28)25-15(3)24-20/h4-6,8-9,14-15,25H,3,7,10-13H2,1-2H3,(H,27,30);4-7,10-11,24H,3,8-9,12H2,1-2H3,(H,26,29);4-7,10-11,22H,3,8-9,12H2,1-2H3,(H,25,28). The number of fused-ring (bicyclic) bond motifs is 6. The van der Waals surface area contributed by atoms with E-state index in [-0.39, 0.29) is 16.7 Å². The lowest BCUT2D eigenvalue weighted by Crippen LogP contribution is -2.44. The third kappa shape index (κ3) is 14.4. The summed E-state index contributed by atoms with van der Waals surface area (Å²) in [6.45, 7) is 30.3. The van der Waals surface area contributed by atoms with Gasteiger partial charge in [0.15, 0.2) is 33.5 Å². The van der Waals surface area contributed by atoms with Crippen LogP contribution in [0.25, 0.3) is 19.7 Å². The largest absolute Gasteiger partial charge is 0.321 e. The number of nitrogens with one attached hydrogen (secondary N) is 6. The first-order chi connectivity index (χ1) is 42.0. The van der Waals surface area contributed by atoms with Gasteiger partial charge < -0.3 is 45.6 Å². The van der Waals surface area contributed by atoms with Crippen molar-refractivity contribution in [2.45, 2.75) is 67.5 Å². The molecule has 19 nitrogen and oxygen atoms in total. The van der Waals surface area contributed by atoms with Crippen LogP contribution in [0, 0.1) is 41.5 Å². The number of hydrogen-bond donors (Lipinski definition) is 6. The van der Waals surface area contributed by atoms with Gasteiger partial charge in [-0.15, -0.1) is 0 Å². The molecule has 6 N–H and O–H groups in total. The van der Waals surface area contributed by atoms with Crippen molar-refractivity contribution in [3.05, 3.63) is 234 Å². The Labute approximate surface area is 508 Å². The first kappa shape index (κ1) is 60.6. The number of H-pyrrole nitrogens is 3. The Morgan fingerprint density at radius 1 is 0.460 bits per heavy atom. The molecule has 0 radical (unpaired) electrons. The Bertz CT molecular complexity index is 4560. The Kier molecular flexibility index (Phi) is 19.0. The van der Waals surface area contributed by atoms with Gasteiger partial charge in [-0.3, -0.25) is 19.4 Å². The van der Waals surface area contributed by atoms with Crippen molar-refractivity contribution in [2.24, 2.45) is 15.0 Å². The van der Waals surface area contributed by atoms with E-state index in [2.05, 4.69) is 161 Å². The molecular weight excluding hydrogens is 1110 g/mol. The number of rotatable bonds is 17. The van der Waals surface area contributed by atoms with Gasteiger partial charge in [0, 0.05) is 63.6 Å². The number of aromatic nitrogens is 7. The molecule has 444 valence electrons. The monoisotopic (exact) mass is 1180 g/mol. The Morgan fingerprint density at radius 3 is 1.29 bits per heavy atom. The highest BCUT2D eigenvalue weighted by Gasteiger charge is 2.26. The Hall–Kier alpha value is -9.53. The molecule has 0 bridgehead atoms. The molecule has 0 aliphatic carbocycles. The van der Waals surface area contributed by atoms with Crippen LogP contribution in [0.2, 0.25) is 5.02 Å². The minimum absolute atomic E-state index is 0.255. The van der Waals surface area contributed by atoms with Crippen molar-refractivity contribution >= 4 is 82.9 Å². The van der Waals surface area contributed by atoms with Crippen molar-refractivity contribution in [3.63, 3.8) is 0 Å². The molecule has 7 heterocycles. The molecule has 0 saturated heterocycles. The molecule has 0 spiro atoms. The van der Waals surface area contributed by atoms with E-state index < -0.39 is 0 Å². The molecular formula is C67H71ClN16O3. The van der Waals surface area contributed by atoms with Crippen molar-refractivity contribution in [1.82, 2.24) is 50.8 Å². The third-order valence-corrected chi connectivity index (χ3v) is 15.6. The van der Waals surface area contributed by atoms with Crippen molar-refractivity contribution < 1.29 is 0 Å². The summed E-state index contributed by atoms with van der Waals surface area (Å²) < 4.78 is 0. The van der Waals surface area contributed by atoms with E-state index in [1.807, 2.05) is 90.4 Å². The van der Waals surface area contributed by atoms with Crippen molar-refractivity contribution in [2.75, 3.05) is 60.5 Å². The maximum Gasteiger partial charge on any atom is 0.279 e. The minimum Gasteiger partial charge on any atom is -0.321 e. The fourth-order valence-electron chi connectivity index (χ4n) is 10.3. The van der Waals surface area contributed by atoms with Crippen LogP contribution < -0.4 is 79.8 Å². The van der Waals surface area contributed by atoms with Crippen LogP contribution in [0.5, 0.6) is 0 Å². The minimum atomic E-state index is -0.275. The molecule has 5 aromatic carbocycles. The summed E-state index contributed by atoms with van der Waals surface area (Å²) in [6.07, 6.45) is 3.92. The van der Waals surface area contributed by atoms with Crippen LogP contribution >= 0.6 is 11.6 Å². The smallest absolute Gasteiger partial charge is 0.279 e. The van der Waals surface area contributed by atoms with Crippen LogP contribution in [0.4, 0.5) is 51.6 Å². The second kappa shape index (κ2) is 27.2. The summed E-state index contributed by atoms with van der Waals surface area (Å²) in [5.74, 6) is 1.66. The van der Waals surface area contributed by atoms with Gasteiger partial charge in [-0.25, -0.2) is 29.9 Å². The highest BCUT2D eigenvalue weighted by Crippen LogP contribution is 2.39. The van der Waals surface area contributed by atoms with Crippen LogP contribution in [0.3, 0.4) is 0 Å². The van der Waals surface area contributed by atoms with Gasteiger partial charge in [0.25, 0.3) is 16.7 Å². The second-order valence-corrected chi connectivity index (χ2v) is 22.2. The molecule has 87 heavy (non-hydrogen) atoms. The highest BCUT2D eigenvalue weighted by molar-refractivity contribution is 6.30. The molecule has 9 aromatic rings. The fraction of sp³-hybridized carbons (Fsp3) is 0.254. The normalized spacial score (nSPS) is 12.3. The van der Waals surface area contributed by atoms with Crippen molar-refractivity contribution in [1.29, 1.82) is 0 Å². The summed E-state index contributed by atoms with van der Waals surface area (Å²) in [4.78, 5) is 83.0. The van der Waals surface area contributed by atoms with Gasteiger partial charge in [0.05, 0.1) is 39.8 Å². The predicted octanol–water partition coefficient (Wildman–Crippen LogP) is 6.45. The summed E-state index contributed by atoms with van der Waals surface area (Å²) in [6, 6.07) is 36.5. The SMILES string of the molecule is C=c1nc2c(c(=O)[nH]1)=Nc1cc(C)c(C)cc1N2CCNCCCc1ccccc1.C=c1nc2c(c(=O)[nH]1)=Nc1cc(C)c(C)cc1N2CCNCc1ccc(Cl)cc1.C=c1nc2c(c(=O)[nH]1)=Nc1cc(C)c(C)cc1N2CCNCc1ccccn1. The lowest BCUT2D eigenvalue weighted by Gasteiger charge is -2.28. The van der Waals surface area contributed by atoms with E-state index in [0.29, 0.717) is 89.2 Å².